The Labute approximate surface area is 151 Å². The van der Waals surface area contributed by atoms with Crippen LogP contribution >= 0.6 is 0 Å². The minimum atomic E-state index is -1.24. The number of rotatable bonds is 5. The highest BCUT2D eigenvalue weighted by Gasteiger charge is 2.37. The molecule has 1 saturated heterocycles. The van der Waals surface area contributed by atoms with E-state index in [-0.39, 0.29) is 37.4 Å². The third-order valence-corrected chi connectivity index (χ3v) is 4.50. The minimum Gasteiger partial charge on any atom is -0.387 e. The van der Waals surface area contributed by atoms with Crippen LogP contribution in [0.4, 0.5) is 13.6 Å². The summed E-state index contributed by atoms with van der Waals surface area (Å²) in [5.41, 5.74) is -1.05. The fourth-order valence-corrected chi connectivity index (χ4v) is 3.02. The van der Waals surface area contributed by atoms with E-state index in [1.165, 1.54) is 9.80 Å². The summed E-state index contributed by atoms with van der Waals surface area (Å²) >= 11 is 0. The third-order valence-electron chi connectivity index (χ3n) is 4.50. The fourth-order valence-electron chi connectivity index (χ4n) is 3.02. The number of β-amino-alcohol motifs (C(OH)–C–C–N with tert-alkyl or cyclic N) is 1. The highest BCUT2D eigenvalue weighted by Crippen LogP contribution is 2.25. The van der Waals surface area contributed by atoms with Crippen LogP contribution in [0.25, 0.3) is 0 Å². The van der Waals surface area contributed by atoms with Crippen LogP contribution < -0.4 is 5.32 Å². The number of benzene rings is 1. The smallest absolute Gasteiger partial charge is 0.317 e. The molecule has 0 aromatic heterocycles. The molecular formula is C18H25F2N3O3. The van der Waals surface area contributed by atoms with E-state index in [1.807, 2.05) is 0 Å². The lowest BCUT2D eigenvalue weighted by Crippen LogP contribution is -2.54. The summed E-state index contributed by atoms with van der Waals surface area (Å²) in [6, 6.07) is 2.81. The fraction of sp³-hybridized carbons (Fsp3) is 0.556. The Morgan fingerprint density at radius 1 is 1.35 bits per heavy atom. The van der Waals surface area contributed by atoms with Gasteiger partial charge in [-0.25, -0.2) is 13.6 Å². The van der Waals surface area contributed by atoms with E-state index in [0.29, 0.717) is 19.4 Å². The maximum atomic E-state index is 13.6. The number of hydrogen-bond acceptors (Lipinski definition) is 3. The number of hydrogen-bond donors (Lipinski definition) is 2. The number of amides is 3. The lowest BCUT2D eigenvalue weighted by atomic mass is 9.89. The lowest BCUT2D eigenvalue weighted by molar-refractivity contribution is -0.135. The second kappa shape index (κ2) is 8.44. The Bertz CT molecular complexity index is 669. The van der Waals surface area contributed by atoms with Crippen LogP contribution in [0.3, 0.4) is 0 Å². The largest absolute Gasteiger partial charge is 0.387 e. The second-order valence-electron chi connectivity index (χ2n) is 6.93. The molecule has 2 rings (SSSR count). The number of aliphatic hydroxyl groups is 1. The average molecular weight is 369 g/mol. The molecule has 1 heterocycles. The Kier molecular flexibility index (Phi) is 6.52. The van der Waals surface area contributed by atoms with Crippen LogP contribution in [-0.2, 0) is 11.2 Å². The molecule has 1 aromatic carbocycles. The van der Waals surface area contributed by atoms with Gasteiger partial charge >= 0.3 is 6.03 Å². The molecule has 0 saturated carbocycles. The molecule has 3 amide bonds. The van der Waals surface area contributed by atoms with Gasteiger partial charge < -0.3 is 20.2 Å². The molecule has 0 radical (unpaired) electrons. The number of likely N-dealkylation sites (tertiary alicyclic amines) is 1. The molecule has 6 nitrogen and oxygen atoms in total. The lowest BCUT2D eigenvalue weighted by Gasteiger charge is -2.39. The molecule has 1 unspecified atom stereocenters. The van der Waals surface area contributed by atoms with E-state index < -0.39 is 23.3 Å². The second-order valence-corrected chi connectivity index (χ2v) is 6.93. The molecule has 1 aliphatic rings. The monoisotopic (exact) mass is 369 g/mol. The summed E-state index contributed by atoms with van der Waals surface area (Å²) in [7, 11) is 3.23. The molecule has 144 valence electrons. The van der Waals surface area contributed by atoms with Crippen LogP contribution in [0.2, 0.25) is 0 Å². The first-order valence-electron chi connectivity index (χ1n) is 8.59. The van der Waals surface area contributed by atoms with Crippen molar-refractivity contribution in [3.05, 3.63) is 35.4 Å². The van der Waals surface area contributed by atoms with Crippen molar-refractivity contribution in [2.24, 2.45) is 0 Å². The standard InChI is InChI=1S/C18H25F2N3O3/c1-22(2)16(24)11-18(26)7-3-9-23(12-18)17(25)21-8-6-13-10-14(19)4-5-15(13)20/h4-5,10,26H,3,6-9,11-12H2,1-2H3,(H,21,25). The number of piperidine rings is 1. The van der Waals surface area contributed by atoms with Gasteiger partial charge in [0, 0.05) is 27.2 Å². The number of halogens is 2. The predicted octanol–water partition coefficient (Wildman–Crippen LogP) is 1.52. The van der Waals surface area contributed by atoms with Crippen LogP contribution in [0.5, 0.6) is 0 Å². The van der Waals surface area contributed by atoms with Gasteiger partial charge in [0.15, 0.2) is 0 Å². The van der Waals surface area contributed by atoms with E-state index in [1.54, 1.807) is 14.1 Å². The SMILES string of the molecule is CN(C)C(=O)CC1(O)CCCN(C(=O)NCCc2cc(F)ccc2F)C1. The number of nitrogens with one attached hydrogen (secondary N) is 1. The minimum absolute atomic E-state index is 0.0434. The topological polar surface area (TPSA) is 72.9 Å². The van der Waals surface area contributed by atoms with Gasteiger partial charge in [-0.3, -0.25) is 4.79 Å². The highest BCUT2D eigenvalue weighted by atomic mass is 19.1. The first-order chi connectivity index (χ1) is 12.2. The molecule has 26 heavy (non-hydrogen) atoms. The van der Waals surface area contributed by atoms with Gasteiger partial charge in [-0.15, -0.1) is 0 Å². The molecular weight excluding hydrogens is 344 g/mol. The van der Waals surface area contributed by atoms with Crippen LogP contribution in [0.15, 0.2) is 18.2 Å². The van der Waals surface area contributed by atoms with Gasteiger partial charge in [-0.05, 0) is 43.0 Å². The number of nitrogens with zero attached hydrogens (tertiary/aromatic N) is 2. The molecule has 0 spiro atoms. The molecule has 1 aliphatic heterocycles. The Hall–Kier alpha value is -2.22. The molecule has 0 bridgehead atoms. The third kappa shape index (κ3) is 5.39. The molecule has 1 fully saturated rings. The zero-order valence-corrected chi connectivity index (χ0v) is 15.1. The van der Waals surface area contributed by atoms with Crippen LogP contribution in [-0.4, -0.2) is 66.2 Å². The number of urea groups is 1. The van der Waals surface area contributed by atoms with E-state index in [4.69, 9.17) is 0 Å². The van der Waals surface area contributed by atoms with Crippen molar-refractivity contribution < 1.29 is 23.5 Å². The summed E-state index contributed by atoms with van der Waals surface area (Å²) < 4.78 is 26.7. The molecule has 1 aromatic rings. The number of carbonyl (C=O) groups excluding carboxylic acids is 2. The van der Waals surface area contributed by atoms with Crippen molar-refractivity contribution in [1.29, 1.82) is 0 Å². The van der Waals surface area contributed by atoms with Crippen LogP contribution in [0.1, 0.15) is 24.8 Å². The Balaban J connectivity index is 1.87. The van der Waals surface area contributed by atoms with E-state index in [9.17, 15) is 23.5 Å². The van der Waals surface area contributed by atoms with Gasteiger partial charge in [-0.2, -0.15) is 0 Å². The van der Waals surface area contributed by atoms with E-state index in [2.05, 4.69) is 5.32 Å². The van der Waals surface area contributed by atoms with Crippen molar-refractivity contribution in [3.63, 3.8) is 0 Å². The summed E-state index contributed by atoms with van der Waals surface area (Å²) in [6.07, 6.45) is 1.15. The quantitative estimate of drug-likeness (QED) is 0.827. The van der Waals surface area contributed by atoms with Gasteiger partial charge in [0.1, 0.15) is 11.6 Å². The predicted molar refractivity (Wildman–Crippen MR) is 92.5 cm³/mol. The first kappa shape index (κ1) is 20.1. The maximum Gasteiger partial charge on any atom is 0.317 e. The van der Waals surface area contributed by atoms with Gasteiger partial charge in [0.2, 0.25) is 5.91 Å². The van der Waals surface area contributed by atoms with Crippen molar-refractivity contribution in [3.8, 4) is 0 Å². The zero-order valence-electron chi connectivity index (χ0n) is 15.1. The van der Waals surface area contributed by atoms with Gasteiger partial charge in [-0.1, -0.05) is 0 Å². The van der Waals surface area contributed by atoms with Crippen LogP contribution in [0, 0.1) is 11.6 Å². The summed E-state index contributed by atoms with van der Waals surface area (Å²) in [4.78, 5) is 27.0. The van der Waals surface area contributed by atoms with Crippen molar-refractivity contribution in [2.45, 2.75) is 31.3 Å². The molecule has 0 aliphatic carbocycles. The van der Waals surface area contributed by atoms with Gasteiger partial charge in [0.25, 0.3) is 0 Å². The number of carbonyl (C=O) groups is 2. The molecule has 1 atom stereocenters. The average Bonchev–Trinajstić information content (AvgIpc) is 2.57. The summed E-state index contributed by atoms with van der Waals surface area (Å²) in [5, 5.41) is 13.3. The van der Waals surface area contributed by atoms with Crippen molar-refractivity contribution in [1.82, 2.24) is 15.1 Å². The normalized spacial score (nSPS) is 20.0. The Morgan fingerprint density at radius 2 is 2.08 bits per heavy atom. The Morgan fingerprint density at radius 3 is 2.77 bits per heavy atom. The maximum absolute atomic E-state index is 13.6. The van der Waals surface area contributed by atoms with Crippen molar-refractivity contribution in [2.75, 3.05) is 33.7 Å². The zero-order chi connectivity index (χ0) is 19.3. The molecule has 8 heteroatoms. The summed E-state index contributed by atoms with van der Waals surface area (Å²) in [5.74, 6) is -1.24. The van der Waals surface area contributed by atoms with E-state index >= 15 is 0 Å². The molecule has 2 N–H and O–H groups in total. The van der Waals surface area contributed by atoms with E-state index in [0.717, 1.165) is 18.2 Å². The first-order valence-corrected chi connectivity index (χ1v) is 8.59. The highest BCUT2D eigenvalue weighted by molar-refractivity contribution is 5.77. The summed E-state index contributed by atoms with van der Waals surface area (Å²) in [6.45, 7) is 0.677. The van der Waals surface area contributed by atoms with Crippen molar-refractivity contribution >= 4 is 11.9 Å². The van der Waals surface area contributed by atoms with Gasteiger partial charge in [0.05, 0.1) is 18.6 Å².